The van der Waals surface area contributed by atoms with Gasteiger partial charge in [-0.3, -0.25) is 0 Å². The first-order valence-electron chi connectivity index (χ1n) is 21.7. The zero-order valence-corrected chi connectivity index (χ0v) is 33.7. The van der Waals surface area contributed by atoms with Gasteiger partial charge in [0.1, 0.15) is 0 Å². The van der Waals surface area contributed by atoms with Crippen molar-refractivity contribution in [2.75, 3.05) is 6.61 Å². The van der Waals surface area contributed by atoms with Crippen LogP contribution in [0.2, 0.25) is 0 Å². The molecule has 2 heteroatoms. The number of rotatable bonds is 16. The van der Waals surface area contributed by atoms with E-state index in [1.807, 2.05) is 0 Å². The highest BCUT2D eigenvalue weighted by Gasteiger charge is 2.71. The van der Waals surface area contributed by atoms with Crippen molar-refractivity contribution in [3.05, 3.63) is 11.6 Å². The number of hydrogen-bond donors (Lipinski definition) is 1. The fourth-order valence-corrected chi connectivity index (χ4v) is 14.1. The molecule has 2 nitrogen and oxygen atoms in total. The Morgan fingerprint density at radius 3 is 1.88 bits per heavy atom. The quantitative estimate of drug-likeness (QED) is 0.131. The van der Waals surface area contributed by atoms with E-state index in [-0.39, 0.29) is 22.3 Å². The molecular weight excluding hydrogens is 585 g/mol. The third-order valence-corrected chi connectivity index (χ3v) is 17.4. The topological polar surface area (TPSA) is 29.5 Å². The Bertz CT molecular complexity index is 1060. The highest BCUT2D eigenvalue weighted by atomic mass is 16.5. The summed E-state index contributed by atoms with van der Waals surface area (Å²) >= 11 is 0. The first-order chi connectivity index (χ1) is 22.8. The number of ether oxygens (including phenoxy) is 1. The molecule has 0 heterocycles. The number of hydrogen-bond acceptors (Lipinski definition) is 2. The average Bonchev–Trinajstić information content (AvgIpc) is 3.03. The normalized spacial score (nSPS) is 43.5. The minimum absolute atomic E-state index is 0.0394. The molecule has 48 heavy (non-hydrogen) atoms. The molecule has 0 saturated heterocycles. The third kappa shape index (κ3) is 7.05. The molecule has 0 aromatic heterocycles. The lowest BCUT2D eigenvalue weighted by Crippen LogP contribution is -2.69. The van der Waals surface area contributed by atoms with Crippen LogP contribution in [0.25, 0.3) is 0 Å². The summed E-state index contributed by atoms with van der Waals surface area (Å²) in [5.74, 6) is 3.40. The zero-order chi connectivity index (χ0) is 34.8. The van der Waals surface area contributed by atoms with Crippen LogP contribution in [0, 0.1) is 56.7 Å². The van der Waals surface area contributed by atoms with Crippen LogP contribution in [0.4, 0.5) is 0 Å². The van der Waals surface area contributed by atoms with Gasteiger partial charge in [-0.05, 0) is 116 Å². The fraction of sp³-hybridized carbons (Fsp3) is 0.957. The van der Waals surface area contributed by atoms with E-state index in [4.69, 9.17) is 4.74 Å². The minimum atomic E-state index is -0.188. The Morgan fingerprint density at radius 2 is 1.27 bits per heavy atom. The third-order valence-electron chi connectivity index (χ3n) is 17.4. The van der Waals surface area contributed by atoms with Crippen molar-refractivity contribution < 1.29 is 9.84 Å². The Hall–Kier alpha value is -0.340. The van der Waals surface area contributed by atoms with Crippen molar-refractivity contribution in [2.24, 2.45) is 56.7 Å². The lowest BCUT2D eigenvalue weighted by molar-refractivity contribution is -0.269. The molecule has 0 bridgehead atoms. The standard InChI is InChI=1S/C46H82O2/c1-10-11-12-13-14-15-16-17-18-19-20-21-22-23-32-48-40-28-30-43(6)37(42(40,4)5)27-31-45(8)38(43)25-24-36-41-35(3)34(2)26-29-44(41,7)39(47)33-46(36,45)9/h26,35-41,47H,10-25,27-33H2,1-9H3/t35-,36-,37+,38-,39+,40+,41-,43+,44-,45-,46-/m1/s1. The first-order valence-corrected chi connectivity index (χ1v) is 21.7. The van der Waals surface area contributed by atoms with Crippen LogP contribution in [-0.4, -0.2) is 23.9 Å². The second kappa shape index (κ2) is 15.7. The molecule has 5 rings (SSSR count). The monoisotopic (exact) mass is 667 g/mol. The Balaban J connectivity index is 1.10. The van der Waals surface area contributed by atoms with E-state index >= 15 is 0 Å². The van der Waals surface area contributed by atoms with Crippen molar-refractivity contribution in [1.29, 1.82) is 0 Å². The van der Waals surface area contributed by atoms with E-state index in [0.717, 1.165) is 37.2 Å². The molecule has 0 aromatic carbocycles. The van der Waals surface area contributed by atoms with Gasteiger partial charge in [-0.1, -0.05) is 151 Å². The maximum atomic E-state index is 12.0. The second-order valence-corrected chi connectivity index (χ2v) is 20.2. The molecule has 5 aliphatic rings. The second-order valence-electron chi connectivity index (χ2n) is 20.2. The van der Waals surface area contributed by atoms with Crippen LogP contribution in [0.1, 0.15) is 204 Å². The van der Waals surface area contributed by atoms with Gasteiger partial charge in [0.2, 0.25) is 0 Å². The molecule has 0 aliphatic heterocycles. The molecule has 11 atom stereocenters. The van der Waals surface area contributed by atoms with Gasteiger partial charge in [-0.2, -0.15) is 0 Å². The van der Waals surface area contributed by atoms with Crippen molar-refractivity contribution in [2.45, 2.75) is 216 Å². The Morgan fingerprint density at radius 1 is 0.688 bits per heavy atom. The van der Waals surface area contributed by atoms with Crippen LogP contribution in [0.15, 0.2) is 11.6 Å². The van der Waals surface area contributed by atoms with Crippen LogP contribution < -0.4 is 0 Å². The number of aliphatic hydroxyl groups excluding tert-OH is 1. The van der Waals surface area contributed by atoms with Gasteiger partial charge in [-0.15, -0.1) is 0 Å². The molecule has 0 aromatic rings. The van der Waals surface area contributed by atoms with Crippen LogP contribution >= 0.6 is 0 Å². The van der Waals surface area contributed by atoms with E-state index in [1.165, 1.54) is 128 Å². The lowest BCUT2D eigenvalue weighted by Gasteiger charge is -2.74. The van der Waals surface area contributed by atoms with Crippen molar-refractivity contribution in [1.82, 2.24) is 0 Å². The summed E-state index contributed by atoms with van der Waals surface area (Å²) in [6.07, 6.45) is 32.5. The van der Waals surface area contributed by atoms with Gasteiger partial charge in [0.05, 0.1) is 12.2 Å². The largest absolute Gasteiger partial charge is 0.393 e. The molecular formula is C46H82O2. The minimum Gasteiger partial charge on any atom is -0.393 e. The molecule has 4 fully saturated rings. The van der Waals surface area contributed by atoms with Crippen molar-refractivity contribution >= 4 is 0 Å². The van der Waals surface area contributed by atoms with Gasteiger partial charge in [-0.25, -0.2) is 0 Å². The maximum absolute atomic E-state index is 12.0. The van der Waals surface area contributed by atoms with Gasteiger partial charge in [0, 0.05) is 12.0 Å². The smallest absolute Gasteiger partial charge is 0.0629 e. The predicted molar refractivity (Wildman–Crippen MR) is 206 cm³/mol. The highest BCUT2D eigenvalue weighted by Crippen LogP contribution is 2.76. The lowest BCUT2D eigenvalue weighted by atomic mass is 9.31. The molecule has 1 N–H and O–H groups in total. The first kappa shape index (κ1) is 38.9. The van der Waals surface area contributed by atoms with E-state index in [0.29, 0.717) is 28.8 Å². The number of fused-ring (bicyclic) bond motifs is 7. The summed E-state index contributed by atoms with van der Waals surface area (Å²) in [5, 5.41) is 12.0. The van der Waals surface area contributed by atoms with Gasteiger partial charge >= 0.3 is 0 Å². The Kier molecular flexibility index (Phi) is 12.7. The maximum Gasteiger partial charge on any atom is 0.0629 e. The van der Waals surface area contributed by atoms with E-state index < -0.39 is 0 Å². The van der Waals surface area contributed by atoms with Crippen LogP contribution in [0.5, 0.6) is 0 Å². The summed E-state index contributed by atoms with van der Waals surface area (Å²) in [6.45, 7) is 23.8. The molecule has 0 amide bonds. The van der Waals surface area contributed by atoms with E-state index in [9.17, 15) is 5.11 Å². The van der Waals surface area contributed by atoms with Crippen molar-refractivity contribution in [3.8, 4) is 0 Å². The Labute approximate surface area is 299 Å². The van der Waals surface area contributed by atoms with E-state index in [1.54, 1.807) is 5.57 Å². The molecule has 5 aliphatic carbocycles. The number of allylic oxidation sites excluding steroid dienone is 2. The SMILES string of the molecule is CCCCCCCCCCCCCCCCO[C@H]1CC[C@]2(C)[C@H]3CC[C@@H]4[C@H]5[C@H](C)C(C)=CC[C@]5(C)[C@@H](O)C[C@@]4(C)[C@]3(C)CC[C@H]2C1(C)C. The summed E-state index contributed by atoms with van der Waals surface area (Å²) in [5.41, 5.74) is 2.73. The van der Waals surface area contributed by atoms with Crippen LogP contribution in [-0.2, 0) is 4.74 Å². The molecule has 4 saturated carbocycles. The summed E-state index contributed by atoms with van der Waals surface area (Å²) in [6, 6.07) is 0. The summed E-state index contributed by atoms with van der Waals surface area (Å²) in [7, 11) is 0. The molecule has 0 unspecified atom stereocenters. The summed E-state index contributed by atoms with van der Waals surface area (Å²) < 4.78 is 6.83. The predicted octanol–water partition coefficient (Wildman–Crippen LogP) is 13.5. The average molecular weight is 667 g/mol. The highest BCUT2D eigenvalue weighted by molar-refractivity contribution is 5.24. The summed E-state index contributed by atoms with van der Waals surface area (Å²) in [4.78, 5) is 0. The van der Waals surface area contributed by atoms with Gasteiger partial charge < -0.3 is 9.84 Å². The fourth-order valence-electron chi connectivity index (χ4n) is 14.1. The molecule has 278 valence electrons. The van der Waals surface area contributed by atoms with Crippen LogP contribution in [0.3, 0.4) is 0 Å². The molecule has 0 spiro atoms. The van der Waals surface area contributed by atoms with E-state index in [2.05, 4.69) is 68.4 Å². The van der Waals surface area contributed by atoms with Gasteiger partial charge in [0.15, 0.2) is 0 Å². The number of unbranched alkanes of at least 4 members (excludes halogenated alkanes) is 13. The number of aliphatic hydroxyl groups is 1. The zero-order valence-electron chi connectivity index (χ0n) is 33.7. The van der Waals surface area contributed by atoms with Gasteiger partial charge in [0.25, 0.3) is 0 Å². The van der Waals surface area contributed by atoms with Crippen molar-refractivity contribution in [3.63, 3.8) is 0 Å². The molecule has 0 radical (unpaired) electrons.